The Kier molecular flexibility index (Phi) is 3.86. The Bertz CT molecular complexity index is 200. The lowest BCUT2D eigenvalue weighted by Gasteiger charge is -2.31. The maximum atomic E-state index is 11.6. The maximum Gasteiger partial charge on any atom is 0.240 e. The first-order chi connectivity index (χ1) is 6.54. The predicted octanol–water partition coefficient (Wildman–Crippen LogP) is -1.01. The molecule has 5 heteroatoms. The van der Waals surface area contributed by atoms with E-state index in [0.29, 0.717) is 26.1 Å². The third-order valence-corrected chi connectivity index (χ3v) is 2.40. The van der Waals surface area contributed by atoms with Crippen molar-refractivity contribution >= 4 is 5.91 Å². The van der Waals surface area contributed by atoms with Crippen molar-refractivity contribution in [2.24, 2.45) is 5.73 Å². The molecular weight excluding hydrogens is 184 g/mol. The number of nitrogens with one attached hydrogen (secondary N) is 1. The third-order valence-electron chi connectivity index (χ3n) is 2.40. The van der Waals surface area contributed by atoms with Crippen LogP contribution < -0.4 is 11.1 Å². The summed E-state index contributed by atoms with van der Waals surface area (Å²) in [4.78, 5) is 11.6. The van der Waals surface area contributed by atoms with Gasteiger partial charge in [-0.1, -0.05) is 0 Å². The van der Waals surface area contributed by atoms with Gasteiger partial charge < -0.3 is 20.9 Å². The van der Waals surface area contributed by atoms with E-state index in [-0.39, 0.29) is 12.5 Å². The van der Waals surface area contributed by atoms with E-state index in [2.05, 4.69) is 5.32 Å². The van der Waals surface area contributed by atoms with Gasteiger partial charge in [0.25, 0.3) is 0 Å². The topological polar surface area (TPSA) is 84.6 Å². The number of hydrogen-bond acceptors (Lipinski definition) is 4. The molecule has 0 unspecified atom stereocenters. The SMILES string of the molecule is C[C@@H](O)CNC(=O)C1(N)CCOCC1. The molecule has 1 heterocycles. The standard InChI is InChI=1S/C9H18N2O3/c1-7(12)6-11-8(13)9(10)2-4-14-5-3-9/h7,12H,2-6,10H2,1H3,(H,11,13)/t7-/m1/s1. The van der Waals surface area contributed by atoms with Crippen molar-refractivity contribution < 1.29 is 14.6 Å². The second kappa shape index (κ2) is 4.72. The smallest absolute Gasteiger partial charge is 0.240 e. The van der Waals surface area contributed by atoms with Gasteiger partial charge in [-0.3, -0.25) is 4.79 Å². The van der Waals surface area contributed by atoms with Gasteiger partial charge in [-0.2, -0.15) is 0 Å². The second-order valence-corrected chi connectivity index (χ2v) is 3.83. The molecule has 0 aromatic heterocycles. The molecule has 0 aromatic rings. The number of nitrogens with two attached hydrogens (primary N) is 1. The molecule has 14 heavy (non-hydrogen) atoms. The fourth-order valence-corrected chi connectivity index (χ4v) is 1.38. The number of ether oxygens (including phenoxy) is 1. The van der Waals surface area contributed by atoms with Gasteiger partial charge in [0.1, 0.15) is 0 Å². The summed E-state index contributed by atoms with van der Waals surface area (Å²) in [6, 6.07) is 0. The molecule has 0 spiro atoms. The van der Waals surface area contributed by atoms with Gasteiger partial charge >= 0.3 is 0 Å². The van der Waals surface area contributed by atoms with Gasteiger partial charge in [-0.05, 0) is 19.8 Å². The van der Waals surface area contributed by atoms with E-state index in [1.54, 1.807) is 6.92 Å². The van der Waals surface area contributed by atoms with Crippen LogP contribution in [0.4, 0.5) is 0 Å². The van der Waals surface area contributed by atoms with Gasteiger partial charge in [0, 0.05) is 19.8 Å². The van der Waals surface area contributed by atoms with E-state index < -0.39 is 11.6 Å². The minimum absolute atomic E-state index is 0.193. The summed E-state index contributed by atoms with van der Waals surface area (Å²) in [6.45, 7) is 2.92. The Balaban J connectivity index is 2.41. The molecule has 1 fully saturated rings. The van der Waals surface area contributed by atoms with Crippen molar-refractivity contribution in [2.75, 3.05) is 19.8 Å². The van der Waals surface area contributed by atoms with Gasteiger partial charge in [-0.15, -0.1) is 0 Å². The molecule has 0 aromatic carbocycles. The number of hydrogen-bond donors (Lipinski definition) is 3. The average molecular weight is 202 g/mol. The van der Waals surface area contributed by atoms with Crippen molar-refractivity contribution in [2.45, 2.75) is 31.4 Å². The van der Waals surface area contributed by atoms with Crippen LogP contribution in [0.1, 0.15) is 19.8 Å². The maximum absolute atomic E-state index is 11.6. The number of aliphatic hydroxyl groups is 1. The molecule has 0 radical (unpaired) electrons. The average Bonchev–Trinajstić information content (AvgIpc) is 2.15. The third kappa shape index (κ3) is 2.94. The highest BCUT2D eigenvalue weighted by atomic mass is 16.5. The van der Waals surface area contributed by atoms with Crippen LogP contribution in [-0.4, -0.2) is 42.4 Å². The van der Waals surface area contributed by atoms with Crippen molar-refractivity contribution in [3.8, 4) is 0 Å². The highest BCUT2D eigenvalue weighted by molar-refractivity contribution is 5.86. The van der Waals surface area contributed by atoms with E-state index in [1.807, 2.05) is 0 Å². The Hall–Kier alpha value is -0.650. The zero-order chi connectivity index (χ0) is 10.6. The predicted molar refractivity (Wildman–Crippen MR) is 51.7 cm³/mol. The summed E-state index contributed by atoms with van der Waals surface area (Å²) in [7, 11) is 0. The highest BCUT2D eigenvalue weighted by Crippen LogP contribution is 2.17. The summed E-state index contributed by atoms with van der Waals surface area (Å²) < 4.78 is 5.13. The van der Waals surface area contributed by atoms with Crippen LogP contribution in [-0.2, 0) is 9.53 Å². The van der Waals surface area contributed by atoms with Crippen LogP contribution in [0.2, 0.25) is 0 Å². The molecule has 0 bridgehead atoms. The van der Waals surface area contributed by atoms with E-state index >= 15 is 0 Å². The lowest BCUT2D eigenvalue weighted by molar-refractivity contribution is -0.130. The fraction of sp³-hybridized carbons (Fsp3) is 0.889. The van der Waals surface area contributed by atoms with Crippen LogP contribution in [0.25, 0.3) is 0 Å². The molecular formula is C9H18N2O3. The van der Waals surface area contributed by atoms with Crippen LogP contribution in [0.3, 0.4) is 0 Å². The fourth-order valence-electron chi connectivity index (χ4n) is 1.38. The minimum Gasteiger partial charge on any atom is -0.392 e. The molecule has 1 atom stereocenters. The first kappa shape index (κ1) is 11.4. The second-order valence-electron chi connectivity index (χ2n) is 3.83. The number of rotatable bonds is 3. The molecule has 1 aliphatic heterocycles. The minimum atomic E-state index is -0.812. The monoisotopic (exact) mass is 202 g/mol. The van der Waals surface area contributed by atoms with Crippen LogP contribution in [0.15, 0.2) is 0 Å². The zero-order valence-electron chi connectivity index (χ0n) is 8.45. The molecule has 1 rings (SSSR count). The first-order valence-electron chi connectivity index (χ1n) is 4.87. The Morgan fingerprint density at radius 2 is 2.21 bits per heavy atom. The quantitative estimate of drug-likeness (QED) is 0.547. The van der Waals surface area contributed by atoms with E-state index in [1.165, 1.54) is 0 Å². The van der Waals surface area contributed by atoms with Crippen molar-refractivity contribution in [1.29, 1.82) is 0 Å². The van der Waals surface area contributed by atoms with Crippen LogP contribution in [0.5, 0.6) is 0 Å². The van der Waals surface area contributed by atoms with Gasteiger partial charge in [0.05, 0.1) is 11.6 Å². The largest absolute Gasteiger partial charge is 0.392 e. The van der Waals surface area contributed by atoms with Crippen molar-refractivity contribution in [3.05, 3.63) is 0 Å². The summed E-state index contributed by atoms with van der Waals surface area (Å²) in [5.41, 5.74) is 5.10. The summed E-state index contributed by atoms with van der Waals surface area (Å²) in [6.07, 6.45) is 0.541. The summed E-state index contributed by atoms with van der Waals surface area (Å²) >= 11 is 0. The number of carbonyl (C=O) groups excluding carboxylic acids is 1. The number of amides is 1. The van der Waals surface area contributed by atoms with E-state index in [0.717, 1.165) is 0 Å². The Labute approximate surface area is 83.6 Å². The molecule has 1 aliphatic rings. The zero-order valence-corrected chi connectivity index (χ0v) is 8.45. The van der Waals surface area contributed by atoms with E-state index in [9.17, 15) is 4.79 Å². The molecule has 5 nitrogen and oxygen atoms in total. The Morgan fingerprint density at radius 3 is 2.71 bits per heavy atom. The first-order valence-corrected chi connectivity index (χ1v) is 4.87. The summed E-state index contributed by atoms with van der Waals surface area (Å²) in [5.74, 6) is -0.193. The lowest BCUT2D eigenvalue weighted by atomic mass is 9.90. The van der Waals surface area contributed by atoms with Gasteiger partial charge in [0.2, 0.25) is 5.91 Å². The van der Waals surface area contributed by atoms with Crippen molar-refractivity contribution in [3.63, 3.8) is 0 Å². The molecule has 0 aliphatic carbocycles. The Morgan fingerprint density at radius 1 is 1.64 bits per heavy atom. The van der Waals surface area contributed by atoms with Crippen molar-refractivity contribution in [1.82, 2.24) is 5.32 Å². The molecule has 1 amide bonds. The molecule has 0 saturated carbocycles. The number of aliphatic hydroxyl groups excluding tert-OH is 1. The molecule has 1 saturated heterocycles. The van der Waals surface area contributed by atoms with Crippen LogP contribution in [0, 0.1) is 0 Å². The van der Waals surface area contributed by atoms with Gasteiger partial charge in [-0.25, -0.2) is 0 Å². The summed E-state index contributed by atoms with van der Waals surface area (Å²) in [5, 5.41) is 11.6. The van der Waals surface area contributed by atoms with Gasteiger partial charge in [0.15, 0.2) is 0 Å². The van der Waals surface area contributed by atoms with E-state index in [4.69, 9.17) is 15.6 Å². The number of carbonyl (C=O) groups is 1. The molecule has 4 N–H and O–H groups in total. The highest BCUT2D eigenvalue weighted by Gasteiger charge is 2.35. The molecule has 82 valence electrons. The lowest BCUT2D eigenvalue weighted by Crippen LogP contribution is -2.57. The normalized spacial score (nSPS) is 22.8. The van der Waals surface area contributed by atoms with Crippen LogP contribution >= 0.6 is 0 Å².